The van der Waals surface area contributed by atoms with Gasteiger partial charge in [-0.05, 0) is 37.1 Å². The summed E-state index contributed by atoms with van der Waals surface area (Å²) in [7, 11) is -9.87. The number of hydrogen-bond donors (Lipinski definition) is 9. The average molecular weight is 786 g/mol. The summed E-state index contributed by atoms with van der Waals surface area (Å²) in [5, 5.41) is 53.5. The van der Waals surface area contributed by atoms with E-state index in [1.165, 1.54) is 19.8 Å². The van der Waals surface area contributed by atoms with E-state index in [2.05, 4.69) is 34.2 Å². The number of nitrogens with one attached hydrogen (secondary N) is 2. The number of anilines is 1. The number of ether oxygens (including phenoxy) is 1. The van der Waals surface area contributed by atoms with Crippen LogP contribution in [0.5, 0.6) is 0 Å². The van der Waals surface area contributed by atoms with Crippen molar-refractivity contribution in [2.24, 2.45) is 0 Å². The maximum Gasteiger partial charge on any atom is 0.751 e. The second-order valence-electron chi connectivity index (χ2n) is 12.4. The van der Waals surface area contributed by atoms with Crippen LogP contribution >= 0.6 is 15.6 Å². The van der Waals surface area contributed by atoms with E-state index in [1.54, 1.807) is 19.1 Å². The molecule has 0 spiro atoms. The highest BCUT2D eigenvalue weighted by Gasteiger charge is 2.74. The normalized spacial score (nSPS) is 26.3. The lowest BCUT2D eigenvalue weighted by molar-refractivity contribution is -0.657. The molecule has 0 saturated carbocycles. The van der Waals surface area contributed by atoms with Crippen molar-refractivity contribution in [3.63, 3.8) is 0 Å². The van der Waals surface area contributed by atoms with Crippen molar-refractivity contribution in [2.75, 3.05) is 18.9 Å². The standard InChI is InChI=1S/C27H31N9O15P2/c1-10-3-12-13(4-11(10)2)35(24-18(32-12)25(42)34-27(43)33-24)5-14(37)19(39)15(38)7-51-49-53(51,46)50-52(44,45)47-6-16-20(40)21(41)26(48-16)36-9-31-17-22(28)29-8-30-23(17)36/h3-4,8-9,14-16,19-21,26,37-41H,5-7H2,1-2H3,(H3-,28,29,30,34,42,43,44,45)/p+2/t14-,15+,16+,19-,20+,21+,26+,53-/m0/s1. The van der Waals surface area contributed by atoms with E-state index in [1.807, 2.05) is 6.92 Å². The molecule has 0 amide bonds. The molecule has 24 nitrogen and oxygen atoms in total. The summed E-state index contributed by atoms with van der Waals surface area (Å²) in [6.07, 6.45) is -9.22. The number of imidazole rings is 1. The number of hydrogen-bond acceptors (Lipinski definition) is 18. The Morgan fingerprint density at radius 1 is 1.09 bits per heavy atom. The van der Waals surface area contributed by atoms with Gasteiger partial charge in [-0.15, -0.1) is 8.62 Å². The maximum atomic E-state index is 12.9. The van der Waals surface area contributed by atoms with E-state index in [4.69, 9.17) is 19.7 Å². The number of benzene rings is 1. The molecule has 5 aromatic rings. The first-order valence-electron chi connectivity index (χ1n) is 15.6. The fraction of sp³-hybridized carbons (Fsp3) is 0.444. The molecule has 2 aliphatic rings. The molecule has 10 N–H and O–H groups in total. The molecular formula is C27H33N9O15P2+2. The summed E-state index contributed by atoms with van der Waals surface area (Å²) < 4.78 is 49.5. The van der Waals surface area contributed by atoms with Crippen molar-refractivity contribution in [1.29, 1.82) is 0 Å². The van der Waals surface area contributed by atoms with E-state index in [0.29, 0.717) is 11.0 Å². The third-order valence-corrected chi connectivity index (χ3v) is 11.8. The van der Waals surface area contributed by atoms with Crippen molar-refractivity contribution in [2.45, 2.75) is 63.2 Å². The van der Waals surface area contributed by atoms with Gasteiger partial charge in [0.05, 0.1) is 17.6 Å². The van der Waals surface area contributed by atoms with Gasteiger partial charge in [0.25, 0.3) is 5.56 Å². The fourth-order valence-electron chi connectivity index (χ4n) is 5.82. The fourth-order valence-corrected chi connectivity index (χ4v) is 8.50. The molecule has 0 bridgehead atoms. The van der Waals surface area contributed by atoms with Gasteiger partial charge < -0.3 is 40.9 Å². The van der Waals surface area contributed by atoms with Crippen molar-refractivity contribution < 1.29 is 66.7 Å². The van der Waals surface area contributed by atoms with E-state index in [0.717, 1.165) is 17.5 Å². The van der Waals surface area contributed by atoms with Gasteiger partial charge >= 0.3 is 27.0 Å². The highest BCUT2D eigenvalue weighted by molar-refractivity contribution is 7.64. The van der Waals surface area contributed by atoms with Crippen LogP contribution in [-0.4, -0.2) is 115 Å². The molecule has 7 rings (SSSR count). The van der Waals surface area contributed by atoms with Crippen LogP contribution in [0.25, 0.3) is 33.4 Å². The molecule has 4 aromatic heterocycles. The second-order valence-corrected chi connectivity index (χ2v) is 15.7. The Kier molecular flexibility index (Phi) is 9.56. The number of H-pyrrole nitrogens is 2. The number of fused-ring (bicyclic) bond motifs is 3. The molecule has 9 atom stereocenters. The van der Waals surface area contributed by atoms with Crippen LogP contribution in [0.4, 0.5) is 5.82 Å². The van der Waals surface area contributed by atoms with Gasteiger partial charge in [0.15, 0.2) is 29.3 Å². The lowest BCUT2D eigenvalue weighted by atomic mass is 10.1. The Morgan fingerprint density at radius 2 is 1.83 bits per heavy atom. The highest BCUT2D eigenvalue weighted by Crippen LogP contribution is 2.79. The van der Waals surface area contributed by atoms with Crippen LogP contribution in [0.2, 0.25) is 0 Å². The van der Waals surface area contributed by atoms with Gasteiger partial charge in [-0.3, -0.25) is 18.9 Å². The molecule has 2 saturated heterocycles. The number of phosphoric acid groups is 1. The Labute approximate surface area is 294 Å². The van der Waals surface area contributed by atoms with Crippen LogP contribution in [0.15, 0.2) is 34.4 Å². The summed E-state index contributed by atoms with van der Waals surface area (Å²) in [5.74, 6) is 0.0522. The second kappa shape index (κ2) is 13.6. The number of aryl methyl sites for hydroxylation is 2. The number of phosphoric ester groups is 1. The molecule has 284 valence electrons. The Morgan fingerprint density at radius 3 is 2.58 bits per heavy atom. The molecule has 2 fully saturated rings. The van der Waals surface area contributed by atoms with Crippen molar-refractivity contribution in [1.82, 2.24) is 34.5 Å². The number of aliphatic hydroxyl groups is 5. The van der Waals surface area contributed by atoms with Crippen LogP contribution < -0.4 is 21.5 Å². The molecular weight excluding hydrogens is 752 g/mol. The first kappa shape index (κ1) is 37.2. The van der Waals surface area contributed by atoms with Gasteiger partial charge in [-0.2, -0.15) is 9.55 Å². The minimum atomic E-state index is -5.25. The number of aromatic nitrogens is 8. The van der Waals surface area contributed by atoms with Gasteiger partial charge in [0.1, 0.15) is 54.4 Å². The third kappa shape index (κ3) is 7.01. The summed E-state index contributed by atoms with van der Waals surface area (Å²) in [6.45, 7) is 1.41. The molecule has 26 heteroatoms. The topological polar surface area (TPSA) is 351 Å². The van der Waals surface area contributed by atoms with Crippen LogP contribution in [0.3, 0.4) is 0 Å². The number of rotatable bonds is 12. The lowest BCUT2D eigenvalue weighted by Gasteiger charge is -2.20. The summed E-state index contributed by atoms with van der Waals surface area (Å²) in [6, 6.07) is 3.39. The summed E-state index contributed by atoms with van der Waals surface area (Å²) in [5.41, 5.74) is 6.60. The predicted molar refractivity (Wildman–Crippen MR) is 175 cm³/mol. The summed E-state index contributed by atoms with van der Waals surface area (Å²) in [4.78, 5) is 55.7. The zero-order valence-corrected chi connectivity index (χ0v) is 29.3. The minimum absolute atomic E-state index is 0.0522. The van der Waals surface area contributed by atoms with E-state index in [9.17, 15) is 49.1 Å². The molecule has 6 heterocycles. The van der Waals surface area contributed by atoms with E-state index in [-0.39, 0.29) is 28.1 Å². The molecule has 2 aliphatic heterocycles. The predicted octanol–water partition coefficient (Wildman–Crippen LogP) is -2.47. The van der Waals surface area contributed by atoms with Crippen molar-refractivity contribution >= 4 is 54.8 Å². The van der Waals surface area contributed by atoms with Gasteiger partial charge in [-0.25, -0.2) is 33.9 Å². The first-order valence-corrected chi connectivity index (χ1v) is 18.6. The van der Waals surface area contributed by atoms with Crippen LogP contribution in [0, 0.1) is 13.8 Å². The van der Waals surface area contributed by atoms with Crippen LogP contribution in [0.1, 0.15) is 17.4 Å². The monoisotopic (exact) mass is 785 g/mol. The average Bonchev–Trinajstić information content (AvgIpc) is 3.36. The molecule has 1 aromatic carbocycles. The van der Waals surface area contributed by atoms with E-state index >= 15 is 0 Å². The third-order valence-electron chi connectivity index (χ3n) is 8.76. The highest BCUT2D eigenvalue weighted by atomic mass is 31.3. The van der Waals surface area contributed by atoms with Gasteiger partial charge in [-0.1, -0.05) is 0 Å². The molecule has 1 unspecified atom stereocenters. The smallest absolute Gasteiger partial charge is 0.387 e. The Hall–Kier alpha value is -4.13. The van der Waals surface area contributed by atoms with Gasteiger partial charge in [0, 0.05) is 0 Å². The number of nitrogen functional groups attached to an aromatic ring is 1. The lowest BCUT2D eigenvalue weighted by Crippen LogP contribution is -2.51. The quantitative estimate of drug-likeness (QED) is 0.0158. The van der Waals surface area contributed by atoms with Crippen molar-refractivity contribution in [3.05, 3.63) is 56.8 Å². The number of nitrogens with zero attached hydrogens (tertiary/aromatic N) is 6. The SMILES string of the molecule is Cc1cc2nc3c(=O)[nH]c(=O)[nH]c3[n+](C[C@H](O)[C@H](O)[C@H](O)C[O+]3O[P@@]3(=O)OP(=O)(O)OC[C@H]3O[C@@H](n4cnc5c(N)ncnc54)[C@H](O)[C@@H]3O)c2cc1C. The largest absolute Gasteiger partial charge is 0.751 e. The zero-order chi connectivity index (χ0) is 38.1. The van der Waals surface area contributed by atoms with Gasteiger partial charge in [0.2, 0.25) is 12.1 Å². The minimum Gasteiger partial charge on any atom is -0.387 e. The first-order chi connectivity index (χ1) is 25.0. The molecule has 0 radical (unpaired) electrons. The van der Waals surface area contributed by atoms with Crippen LogP contribution in [-0.2, 0) is 38.2 Å². The Balaban J connectivity index is 0.978. The summed E-state index contributed by atoms with van der Waals surface area (Å²) >= 11 is 0. The number of aromatic amines is 2. The maximum absolute atomic E-state index is 12.9. The molecule has 0 aliphatic carbocycles. The number of aliphatic hydroxyl groups excluding tert-OH is 5. The zero-order valence-electron chi connectivity index (χ0n) is 27.5. The van der Waals surface area contributed by atoms with Crippen molar-refractivity contribution in [3.8, 4) is 0 Å². The molecule has 53 heavy (non-hydrogen) atoms. The number of nitrogens with two attached hydrogens (primary N) is 1. The Bertz CT molecular complexity index is 2460. The van der Waals surface area contributed by atoms with E-state index < -0.39 is 89.5 Å².